The monoisotopic (exact) mass is 330 g/mol. The van der Waals surface area contributed by atoms with Crippen molar-refractivity contribution in [3.63, 3.8) is 0 Å². The third kappa shape index (κ3) is 3.77. The molecule has 19 heavy (non-hydrogen) atoms. The Bertz CT molecular complexity index is 857. The highest BCUT2D eigenvalue weighted by Crippen LogP contribution is 2.35. The largest absolute Gasteiger partial charge is 0.310 e. The fourth-order valence-corrected chi connectivity index (χ4v) is 5.01. The molecule has 0 unspecified atom stereocenters. The molecule has 1 aromatic rings. The lowest BCUT2D eigenvalue weighted by Crippen LogP contribution is -2.19. The highest BCUT2D eigenvalue weighted by molar-refractivity contribution is 7.96. The number of hydrogen-bond acceptors (Lipinski definition) is 6. The van der Waals surface area contributed by atoms with Crippen LogP contribution >= 0.6 is 11.3 Å². The van der Waals surface area contributed by atoms with E-state index in [1.807, 2.05) is 0 Å². The minimum absolute atomic E-state index is 0.281. The van der Waals surface area contributed by atoms with Crippen molar-refractivity contribution in [1.82, 2.24) is 5.32 Å². The normalized spacial score (nSPS) is 20.6. The standard InChI is InChI=1S/C11H18NO4S3/c1-5-12-8(3)9-7-10(18(4,13)14)17-11(9)19(15,16)6-2/h6-8,12H,5H2,1-4H3/t8-/m0/s1/i1D3,5D2,7D. The Kier molecular flexibility index (Phi) is 2.95. The van der Waals surface area contributed by atoms with Gasteiger partial charge in [-0.25, -0.2) is 16.8 Å². The maximum atomic E-state index is 12.2. The van der Waals surface area contributed by atoms with Gasteiger partial charge in [0.15, 0.2) is 19.7 Å². The number of thiophene rings is 1. The number of hydrogen-bond donors (Lipinski definition) is 1. The van der Waals surface area contributed by atoms with Crippen molar-refractivity contribution < 1.29 is 25.1 Å². The molecule has 1 N–H and O–H groups in total. The maximum Gasteiger partial charge on any atom is 0.191 e. The smallest absolute Gasteiger partial charge is 0.191 e. The van der Waals surface area contributed by atoms with Gasteiger partial charge in [0.25, 0.3) is 0 Å². The third-order valence-corrected chi connectivity index (χ3v) is 7.20. The number of rotatable bonds is 6. The van der Waals surface area contributed by atoms with Gasteiger partial charge in [-0.15, -0.1) is 11.3 Å². The van der Waals surface area contributed by atoms with Crippen molar-refractivity contribution in [2.45, 2.75) is 35.2 Å². The molecule has 0 saturated carbocycles. The molecule has 0 bridgehead atoms. The minimum atomic E-state index is -4.02. The van der Waals surface area contributed by atoms with Crippen molar-refractivity contribution >= 4 is 31.0 Å². The molecule has 0 spiro atoms. The van der Waals surface area contributed by atoms with Crippen LogP contribution in [0.25, 0.3) is 0 Å². The van der Waals surface area contributed by atoms with Crippen molar-refractivity contribution in [3.8, 4) is 0 Å². The molecule has 0 aliphatic carbocycles. The first kappa shape index (κ1) is 9.49. The van der Waals surface area contributed by atoms with Crippen LogP contribution in [0.4, 0.5) is 0 Å². The molecular formula is C11H18NO4S3. The summed E-state index contributed by atoms with van der Waals surface area (Å²) < 4.78 is 91.9. The maximum absolute atomic E-state index is 12.2. The summed E-state index contributed by atoms with van der Waals surface area (Å²) in [5, 5.41) is 2.14. The first-order valence-corrected chi connectivity index (χ1v) is 9.36. The molecule has 0 aliphatic heterocycles. The van der Waals surface area contributed by atoms with Gasteiger partial charge in [0.05, 0.1) is 7.12 Å². The average molecular weight is 331 g/mol. The van der Waals surface area contributed by atoms with Crippen LogP contribution in [0.2, 0.25) is 0 Å². The lowest BCUT2D eigenvalue weighted by Gasteiger charge is -2.12. The molecule has 5 nitrogen and oxygen atoms in total. The average Bonchev–Trinajstić information content (AvgIpc) is 2.75. The van der Waals surface area contributed by atoms with Crippen LogP contribution in [0.15, 0.2) is 14.5 Å². The number of sulfone groups is 2. The zero-order valence-electron chi connectivity index (χ0n) is 16.5. The zero-order valence-corrected chi connectivity index (χ0v) is 13.0. The quantitative estimate of drug-likeness (QED) is 0.860. The van der Waals surface area contributed by atoms with E-state index in [2.05, 4.69) is 5.32 Å². The molecule has 8 heteroatoms. The van der Waals surface area contributed by atoms with Gasteiger partial charge in [0.1, 0.15) is 8.42 Å². The Balaban J connectivity index is 3.61. The van der Waals surface area contributed by atoms with E-state index in [0.29, 0.717) is 11.3 Å². The first-order valence-electron chi connectivity index (χ1n) is 8.11. The summed E-state index contributed by atoms with van der Waals surface area (Å²) in [4.78, 5) is 0. The Morgan fingerprint density at radius 1 is 1.58 bits per heavy atom. The molecule has 0 amide bonds. The molecule has 1 atom stereocenters. The van der Waals surface area contributed by atoms with Gasteiger partial charge in [-0.1, -0.05) is 6.85 Å². The van der Waals surface area contributed by atoms with Gasteiger partial charge in [0, 0.05) is 19.2 Å². The fourth-order valence-electron chi connectivity index (χ4n) is 1.28. The lowest BCUT2D eigenvalue weighted by molar-refractivity contribution is 0.579. The molecule has 1 aromatic heterocycles. The lowest BCUT2D eigenvalue weighted by atomic mass is 10.2. The van der Waals surface area contributed by atoms with Gasteiger partial charge in [-0.2, -0.15) is 0 Å². The van der Waals surface area contributed by atoms with Gasteiger partial charge < -0.3 is 5.32 Å². The summed E-state index contributed by atoms with van der Waals surface area (Å²) >= 11 is 0.389. The van der Waals surface area contributed by atoms with E-state index in [1.54, 1.807) is 0 Å². The summed E-state index contributed by atoms with van der Waals surface area (Å²) in [6.07, 6.45) is 0.826. The first-order chi connectivity index (χ1) is 11.0. The molecule has 1 heterocycles. The summed E-state index contributed by atoms with van der Waals surface area (Å²) in [5.41, 5.74) is -0.281. The molecule has 1 radical (unpaired) electrons. The van der Waals surface area contributed by atoms with Crippen LogP contribution in [0.3, 0.4) is 0 Å². The Morgan fingerprint density at radius 2 is 2.21 bits per heavy atom. The van der Waals surface area contributed by atoms with Gasteiger partial charge in [-0.05, 0) is 32.0 Å². The fraction of sp³-hybridized carbons (Fsp3) is 0.545. The summed E-state index contributed by atoms with van der Waals surface area (Å²) in [6, 6.07) is -1.83. The topological polar surface area (TPSA) is 80.3 Å². The van der Waals surface area contributed by atoms with E-state index >= 15 is 0 Å². The molecular weight excluding hydrogens is 306 g/mol. The van der Waals surface area contributed by atoms with Gasteiger partial charge in [-0.3, -0.25) is 0 Å². The van der Waals surface area contributed by atoms with Crippen LogP contribution in [-0.4, -0.2) is 29.6 Å². The third-order valence-electron chi connectivity index (χ3n) is 2.27. The zero-order chi connectivity index (χ0) is 20.0. The van der Waals surface area contributed by atoms with Gasteiger partial charge >= 0.3 is 0 Å². The van der Waals surface area contributed by atoms with Crippen LogP contribution in [0, 0.1) is 5.75 Å². The molecule has 0 saturated heterocycles. The second kappa shape index (κ2) is 5.90. The Hall–Kier alpha value is -0.440. The van der Waals surface area contributed by atoms with Crippen LogP contribution in [-0.2, 0) is 19.7 Å². The van der Waals surface area contributed by atoms with Crippen molar-refractivity contribution in [3.05, 3.63) is 17.4 Å². The SMILES string of the molecule is [2H]c1c(S(C)(=O)=O)sc(S(=O)(=O)[CH]C)c1[C@H](C)NC([2H])([2H])C([2H])([2H])[2H]. The minimum Gasteiger partial charge on any atom is -0.310 e. The van der Waals surface area contributed by atoms with Crippen LogP contribution in [0.1, 0.15) is 40.5 Å². The predicted molar refractivity (Wildman–Crippen MR) is 76.7 cm³/mol. The summed E-state index contributed by atoms with van der Waals surface area (Å²) in [6.45, 7) is -3.43. The highest BCUT2D eigenvalue weighted by Gasteiger charge is 2.26. The molecule has 109 valence electrons. The molecule has 1 rings (SSSR count). The van der Waals surface area contributed by atoms with E-state index in [-0.39, 0.29) is 5.56 Å². The van der Waals surface area contributed by atoms with Crippen molar-refractivity contribution in [1.29, 1.82) is 0 Å². The number of nitrogens with one attached hydrogen (secondary N) is 1. The molecule has 0 fully saturated rings. The van der Waals surface area contributed by atoms with Crippen LogP contribution in [0.5, 0.6) is 0 Å². The Morgan fingerprint density at radius 3 is 2.68 bits per heavy atom. The molecule has 0 aliphatic rings. The van der Waals surface area contributed by atoms with E-state index in [0.717, 1.165) is 12.0 Å². The highest BCUT2D eigenvalue weighted by atomic mass is 32.3. The molecule has 0 aromatic carbocycles. The van der Waals surface area contributed by atoms with E-state index in [1.165, 1.54) is 13.8 Å². The van der Waals surface area contributed by atoms with Gasteiger partial charge in [0.2, 0.25) is 0 Å². The van der Waals surface area contributed by atoms with E-state index in [9.17, 15) is 16.8 Å². The summed E-state index contributed by atoms with van der Waals surface area (Å²) in [5.74, 6) is 0.832. The van der Waals surface area contributed by atoms with Crippen molar-refractivity contribution in [2.24, 2.45) is 0 Å². The van der Waals surface area contributed by atoms with E-state index < -0.39 is 53.5 Å². The summed E-state index contributed by atoms with van der Waals surface area (Å²) in [7, 11) is -7.91. The van der Waals surface area contributed by atoms with Crippen LogP contribution < -0.4 is 5.32 Å². The Labute approximate surface area is 127 Å². The van der Waals surface area contributed by atoms with Crippen molar-refractivity contribution in [2.75, 3.05) is 12.8 Å². The second-order valence-corrected chi connectivity index (χ2v) is 9.22. The second-order valence-electron chi connectivity index (χ2n) is 3.76. The predicted octanol–water partition coefficient (Wildman–Crippen LogP) is 1.78. The van der Waals surface area contributed by atoms with E-state index in [4.69, 9.17) is 8.22 Å².